The molecular formula is C17H13FN2O2. The van der Waals surface area contributed by atoms with Crippen molar-refractivity contribution in [2.24, 2.45) is 0 Å². The highest BCUT2D eigenvalue weighted by Crippen LogP contribution is 2.34. The number of halogens is 1. The Morgan fingerprint density at radius 3 is 2.91 bits per heavy atom. The number of nitriles is 1. The van der Waals surface area contributed by atoms with Crippen LogP contribution >= 0.6 is 0 Å². The van der Waals surface area contributed by atoms with Crippen molar-refractivity contribution in [2.75, 3.05) is 7.11 Å². The zero-order valence-corrected chi connectivity index (χ0v) is 11.8. The van der Waals surface area contributed by atoms with E-state index in [1.165, 1.54) is 19.2 Å². The van der Waals surface area contributed by atoms with Gasteiger partial charge in [-0.05, 0) is 23.8 Å². The summed E-state index contributed by atoms with van der Waals surface area (Å²) in [6, 6.07) is 7.28. The number of allylic oxidation sites excluding steroid dienone is 2. The molecule has 4 nitrogen and oxygen atoms in total. The Balaban J connectivity index is 2.24. The van der Waals surface area contributed by atoms with Crippen LogP contribution < -0.4 is 5.32 Å². The van der Waals surface area contributed by atoms with E-state index in [9.17, 15) is 14.4 Å². The Morgan fingerprint density at radius 2 is 2.23 bits per heavy atom. The Labute approximate surface area is 127 Å². The number of rotatable bonds is 2. The van der Waals surface area contributed by atoms with Gasteiger partial charge in [0, 0.05) is 30.0 Å². The van der Waals surface area contributed by atoms with Gasteiger partial charge in [0.15, 0.2) is 5.78 Å². The van der Waals surface area contributed by atoms with Crippen LogP contribution in [0.5, 0.6) is 0 Å². The second-order valence-electron chi connectivity index (χ2n) is 5.01. The molecule has 0 spiro atoms. The molecule has 1 heterocycles. The molecule has 1 aliphatic carbocycles. The Bertz CT molecular complexity index is 771. The summed E-state index contributed by atoms with van der Waals surface area (Å²) in [5.74, 6) is -0.641. The van der Waals surface area contributed by atoms with Gasteiger partial charge in [-0.25, -0.2) is 4.39 Å². The summed E-state index contributed by atoms with van der Waals surface area (Å²) in [5.41, 5.74) is 2.07. The van der Waals surface area contributed by atoms with Crippen LogP contribution in [-0.2, 0) is 9.53 Å². The predicted octanol–water partition coefficient (Wildman–Crippen LogP) is 2.11. The summed E-state index contributed by atoms with van der Waals surface area (Å²) in [6.45, 7) is 0. The Kier molecular flexibility index (Phi) is 3.61. The molecule has 1 aromatic carbocycles. The van der Waals surface area contributed by atoms with Crippen LogP contribution in [0, 0.1) is 17.1 Å². The SMILES string of the molecule is COC1C=CC2=CNC(C#N)C(c3cccc(F)c3)=C2C1=O. The molecule has 1 aromatic rings. The lowest BCUT2D eigenvalue weighted by molar-refractivity contribution is -0.122. The molecule has 0 aromatic heterocycles. The van der Waals surface area contributed by atoms with Crippen LogP contribution in [0.2, 0.25) is 0 Å². The van der Waals surface area contributed by atoms with E-state index < -0.39 is 18.0 Å². The van der Waals surface area contributed by atoms with E-state index in [2.05, 4.69) is 11.4 Å². The van der Waals surface area contributed by atoms with E-state index in [1.54, 1.807) is 30.5 Å². The van der Waals surface area contributed by atoms with Crippen LogP contribution in [0.1, 0.15) is 5.56 Å². The van der Waals surface area contributed by atoms with E-state index >= 15 is 0 Å². The van der Waals surface area contributed by atoms with Crippen molar-refractivity contribution in [1.29, 1.82) is 5.26 Å². The monoisotopic (exact) mass is 296 g/mol. The van der Waals surface area contributed by atoms with Gasteiger partial charge in [-0.2, -0.15) is 5.26 Å². The van der Waals surface area contributed by atoms with E-state index in [0.29, 0.717) is 22.3 Å². The van der Waals surface area contributed by atoms with Gasteiger partial charge < -0.3 is 10.1 Å². The number of carbonyl (C=O) groups is 1. The van der Waals surface area contributed by atoms with Crippen molar-refractivity contribution in [3.63, 3.8) is 0 Å². The number of fused-ring (bicyclic) bond motifs is 1. The lowest BCUT2D eigenvalue weighted by Crippen LogP contribution is -2.35. The number of nitrogens with one attached hydrogen (secondary N) is 1. The summed E-state index contributed by atoms with van der Waals surface area (Å²) in [5, 5.41) is 12.3. The molecule has 0 radical (unpaired) electrons. The van der Waals surface area contributed by atoms with Crippen LogP contribution in [0.4, 0.5) is 4.39 Å². The maximum absolute atomic E-state index is 13.6. The average Bonchev–Trinajstić information content (AvgIpc) is 2.54. The Morgan fingerprint density at radius 1 is 1.41 bits per heavy atom. The third-order valence-electron chi connectivity index (χ3n) is 3.73. The first-order chi connectivity index (χ1) is 10.7. The van der Waals surface area contributed by atoms with Gasteiger partial charge in [-0.15, -0.1) is 0 Å². The molecule has 110 valence electrons. The first-order valence-corrected chi connectivity index (χ1v) is 6.77. The molecule has 2 unspecified atom stereocenters. The van der Waals surface area contributed by atoms with Gasteiger partial charge in [0.25, 0.3) is 0 Å². The minimum atomic E-state index is -0.714. The summed E-state index contributed by atoms with van der Waals surface area (Å²) in [7, 11) is 1.45. The lowest BCUT2D eigenvalue weighted by Gasteiger charge is -2.28. The summed E-state index contributed by atoms with van der Waals surface area (Å²) in [4.78, 5) is 12.6. The third-order valence-corrected chi connectivity index (χ3v) is 3.73. The van der Waals surface area contributed by atoms with Crippen molar-refractivity contribution in [3.05, 3.63) is 65.1 Å². The summed E-state index contributed by atoms with van der Waals surface area (Å²) < 4.78 is 18.7. The topological polar surface area (TPSA) is 62.1 Å². The maximum Gasteiger partial charge on any atom is 0.196 e. The largest absolute Gasteiger partial charge is 0.372 e. The quantitative estimate of drug-likeness (QED) is 0.908. The fourth-order valence-electron chi connectivity index (χ4n) is 2.71. The number of benzene rings is 1. The Hall–Kier alpha value is -2.71. The molecule has 0 saturated heterocycles. The highest BCUT2D eigenvalue weighted by Gasteiger charge is 2.34. The molecule has 0 bridgehead atoms. The minimum Gasteiger partial charge on any atom is -0.372 e. The number of hydrogen-bond acceptors (Lipinski definition) is 4. The summed E-state index contributed by atoms with van der Waals surface area (Å²) in [6.07, 6.45) is 4.37. The average molecular weight is 296 g/mol. The smallest absolute Gasteiger partial charge is 0.196 e. The van der Waals surface area contributed by atoms with Crippen LogP contribution in [-0.4, -0.2) is 25.0 Å². The number of carbonyl (C=O) groups excluding carboxylic acids is 1. The zero-order valence-electron chi connectivity index (χ0n) is 11.8. The standard InChI is InChI=1S/C17H13FN2O2/c1-22-14-6-5-11-9-20-13(8-19)15(16(11)17(14)21)10-3-2-4-12(18)7-10/h2-7,9,13-14,20H,1H3. The van der Waals surface area contributed by atoms with Gasteiger partial charge in [0.1, 0.15) is 18.0 Å². The molecule has 2 aliphatic rings. The number of methoxy groups -OCH3 is 1. The molecular weight excluding hydrogens is 283 g/mol. The fraction of sp³-hybridized carbons (Fsp3) is 0.176. The number of nitrogens with zero attached hydrogens (tertiary/aromatic N) is 1. The molecule has 0 fully saturated rings. The number of Topliss-reactive ketones (excluding diaryl/α,β-unsaturated/α-hetero) is 1. The summed E-state index contributed by atoms with van der Waals surface area (Å²) >= 11 is 0. The van der Waals surface area contributed by atoms with Gasteiger partial charge >= 0.3 is 0 Å². The van der Waals surface area contributed by atoms with E-state index in [-0.39, 0.29) is 5.78 Å². The van der Waals surface area contributed by atoms with Crippen molar-refractivity contribution < 1.29 is 13.9 Å². The first kappa shape index (κ1) is 14.2. The minimum absolute atomic E-state index is 0.225. The molecule has 1 N–H and O–H groups in total. The maximum atomic E-state index is 13.6. The van der Waals surface area contributed by atoms with E-state index in [4.69, 9.17) is 4.74 Å². The molecule has 2 atom stereocenters. The number of ether oxygens (including phenoxy) is 1. The zero-order chi connectivity index (χ0) is 15.7. The molecule has 1 aliphatic heterocycles. The second-order valence-corrected chi connectivity index (χ2v) is 5.01. The highest BCUT2D eigenvalue weighted by atomic mass is 19.1. The lowest BCUT2D eigenvalue weighted by atomic mass is 9.81. The van der Waals surface area contributed by atoms with Gasteiger partial charge in [0.2, 0.25) is 0 Å². The predicted molar refractivity (Wildman–Crippen MR) is 78.9 cm³/mol. The molecule has 5 heteroatoms. The van der Waals surface area contributed by atoms with Crippen molar-refractivity contribution in [2.45, 2.75) is 12.1 Å². The van der Waals surface area contributed by atoms with Gasteiger partial charge in [0.05, 0.1) is 6.07 Å². The van der Waals surface area contributed by atoms with Gasteiger partial charge in [-0.3, -0.25) is 4.79 Å². The normalized spacial score (nSPS) is 23.5. The highest BCUT2D eigenvalue weighted by molar-refractivity contribution is 6.13. The van der Waals surface area contributed by atoms with Crippen molar-refractivity contribution in [1.82, 2.24) is 5.32 Å². The number of hydrogen-bond donors (Lipinski definition) is 1. The van der Waals surface area contributed by atoms with Gasteiger partial charge in [-0.1, -0.05) is 18.2 Å². The van der Waals surface area contributed by atoms with Crippen molar-refractivity contribution >= 4 is 11.4 Å². The number of dihydropyridines is 1. The van der Waals surface area contributed by atoms with E-state index in [1.807, 2.05) is 0 Å². The number of ketones is 1. The molecule has 22 heavy (non-hydrogen) atoms. The van der Waals surface area contributed by atoms with Crippen molar-refractivity contribution in [3.8, 4) is 6.07 Å². The first-order valence-electron chi connectivity index (χ1n) is 6.77. The molecule has 0 saturated carbocycles. The van der Waals surface area contributed by atoms with Crippen LogP contribution in [0.3, 0.4) is 0 Å². The second kappa shape index (κ2) is 5.58. The third kappa shape index (κ3) is 2.24. The van der Waals surface area contributed by atoms with Crippen LogP contribution in [0.25, 0.3) is 5.57 Å². The fourth-order valence-corrected chi connectivity index (χ4v) is 2.71. The van der Waals surface area contributed by atoms with Crippen LogP contribution in [0.15, 0.2) is 53.8 Å². The molecule has 3 rings (SSSR count). The molecule has 0 amide bonds. The van der Waals surface area contributed by atoms with E-state index in [0.717, 1.165) is 0 Å².